The molecule has 1 aromatic carbocycles. The number of carboxylic acids is 1. The minimum absolute atomic E-state index is 0.0271. The number of allylic oxidation sites excluding steroid dienone is 2. The summed E-state index contributed by atoms with van der Waals surface area (Å²) in [5, 5.41) is 14.6. The Balaban J connectivity index is 1.85. The zero-order valence-electron chi connectivity index (χ0n) is 11.5. The van der Waals surface area contributed by atoms with E-state index in [1.54, 1.807) is 12.1 Å². The van der Waals surface area contributed by atoms with Crippen LogP contribution in [0.3, 0.4) is 0 Å². The van der Waals surface area contributed by atoms with Gasteiger partial charge in [0.2, 0.25) is 5.91 Å². The van der Waals surface area contributed by atoms with Gasteiger partial charge in [0.25, 0.3) is 0 Å². The molecule has 4 atom stereocenters. The first-order valence-corrected chi connectivity index (χ1v) is 7.32. The highest BCUT2D eigenvalue weighted by molar-refractivity contribution is 6.34. The van der Waals surface area contributed by atoms with Crippen LogP contribution in [0.25, 0.3) is 0 Å². The van der Waals surface area contributed by atoms with E-state index in [-0.39, 0.29) is 17.7 Å². The van der Waals surface area contributed by atoms with Gasteiger partial charge in [0.1, 0.15) is 0 Å². The van der Waals surface area contributed by atoms with Gasteiger partial charge < -0.3 is 15.2 Å². The number of fused-ring (bicyclic) bond motifs is 2. The summed E-state index contributed by atoms with van der Waals surface area (Å²) in [6, 6.07) is 5.34. The van der Waals surface area contributed by atoms with Gasteiger partial charge in [0.15, 0.2) is 0 Å². The van der Waals surface area contributed by atoms with E-state index in [1.807, 2.05) is 25.1 Å². The molecule has 2 aliphatic rings. The smallest absolute Gasteiger partial charge is 0.228 e. The maximum absolute atomic E-state index is 12.5. The summed E-state index contributed by atoms with van der Waals surface area (Å²) in [5.41, 5.74) is 1.40. The number of benzene rings is 1. The van der Waals surface area contributed by atoms with Crippen molar-refractivity contribution in [3.05, 3.63) is 40.9 Å². The van der Waals surface area contributed by atoms with Crippen LogP contribution in [0.5, 0.6) is 0 Å². The molecule has 0 aromatic heterocycles. The van der Waals surface area contributed by atoms with Crippen molar-refractivity contribution >= 4 is 29.2 Å². The van der Waals surface area contributed by atoms with Crippen LogP contribution in [0.4, 0.5) is 5.69 Å². The minimum Gasteiger partial charge on any atom is -0.550 e. The van der Waals surface area contributed by atoms with Crippen LogP contribution in [0.1, 0.15) is 12.0 Å². The van der Waals surface area contributed by atoms with Gasteiger partial charge >= 0.3 is 0 Å². The van der Waals surface area contributed by atoms with Crippen LogP contribution in [0, 0.1) is 30.6 Å². The number of aliphatic carboxylic acids is 1. The number of amides is 1. The minimum atomic E-state index is -1.15. The van der Waals surface area contributed by atoms with Crippen molar-refractivity contribution in [1.82, 2.24) is 0 Å². The Bertz CT molecular complexity index is 620. The van der Waals surface area contributed by atoms with Gasteiger partial charge in [-0.05, 0) is 36.8 Å². The van der Waals surface area contributed by atoms with Crippen LogP contribution in [-0.4, -0.2) is 11.9 Å². The number of carbonyl (C=O) groups is 2. The van der Waals surface area contributed by atoms with Crippen molar-refractivity contribution < 1.29 is 14.7 Å². The molecule has 0 radical (unpaired) electrons. The molecule has 1 fully saturated rings. The lowest BCUT2D eigenvalue weighted by Crippen LogP contribution is -2.43. The molecule has 4 nitrogen and oxygen atoms in total. The van der Waals surface area contributed by atoms with E-state index in [0.29, 0.717) is 17.1 Å². The molecule has 0 saturated heterocycles. The predicted molar refractivity (Wildman–Crippen MR) is 77.5 cm³/mol. The van der Waals surface area contributed by atoms with Crippen molar-refractivity contribution in [2.24, 2.45) is 23.7 Å². The highest BCUT2D eigenvalue weighted by Crippen LogP contribution is 2.48. The third-order valence-electron chi connectivity index (χ3n) is 4.50. The van der Waals surface area contributed by atoms with Crippen molar-refractivity contribution in [1.29, 1.82) is 0 Å². The Morgan fingerprint density at radius 2 is 1.90 bits per heavy atom. The van der Waals surface area contributed by atoms with Crippen molar-refractivity contribution in [2.45, 2.75) is 13.3 Å². The molecule has 1 saturated carbocycles. The molecule has 3 rings (SSSR count). The molecule has 2 aliphatic carbocycles. The summed E-state index contributed by atoms with van der Waals surface area (Å²) in [6.07, 6.45) is 4.53. The van der Waals surface area contributed by atoms with Crippen LogP contribution < -0.4 is 10.4 Å². The third-order valence-corrected chi connectivity index (χ3v) is 4.82. The highest BCUT2D eigenvalue weighted by atomic mass is 35.5. The predicted octanol–water partition coefficient (Wildman–Crippen LogP) is 1.78. The maximum atomic E-state index is 12.5. The van der Waals surface area contributed by atoms with Gasteiger partial charge in [-0.2, -0.15) is 0 Å². The van der Waals surface area contributed by atoms with Crippen molar-refractivity contribution in [3.63, 3.8) is 0 Å². The summed E-state index contributed by atoms with van der Waals surface area (Å²) in [6.45, 7) is 1.85. The molecular weight excluding hydrogens is 290 g/mol. The van der Waals surface area contributed by atoms with Gasteiger partial charge in [-0.3, -0.25) is 4.79 Å². The molecule has 5 heteroatoms. The van der Waals surface area contributed by atoms with E-state index in [4.69, 9.17) is 11.6 Å². The van der Waals surface area contributed by atoms with Crippen LogP contribution in [-0.2, 0) is 9.59 Å². The summed E-state index contributed by atoms with van der Waals surface area (Å²) < 4.78 is 0. The molecule has 1 amide bonds. The molecule has 1 aromatic rings. The molecule has 1 N–H and O–H groups in total. The largest absolute Gasteiger partial charge is 0.550 e. The van der Waals surface area contributed by atoms with E-state index in [2.05, 4.69) is 5.32 Å². The van der Waals surface area contributed by atoms with E-state index >= 15 is 0 Å². The molecule has 0 heterocycles. The second kappa shape index (κ2) is 5.19. The van der Waals surface area contributed by atoms with Gasteiger partial charge in [-0.25, -0.2) is 0 Å². The summed E-state index contributed by atoms with van der Waals surface area (Å²) in [4.78, 5) is 23.9. The standard InChI is InChI=1S/C16H16ClNO3/c1-8-3-2-4-11(17)14(8)18-15(19)12-9-5-6-10(7-9)13(12)16(20)21/h2-6,9-10,12-13H,7H2,1H3,(H,18,19)(H,20,21)/p-1/t9-,10-,12+,13-/m0/s1. The van der Waals surface area contributed by atoms with Crippen LogP contribution in [0.2, 0.25) is 5.02 Å². The lowest BCUT2D eigenvalue weighted by atomic mass is 9.82. The van der Waals surface area contributed by atoms with Crippen molar-refractivity contribution in [3.8, 4) is 0 Å². The molecule has 0 unspecified atom stereocenters. The van der Waals surface area contributed by atoms with Gasteiger partial charge in [-0.15, -0.1) is 0 Å². The molecule has 2 bridgehead atoms. The molecule has 0 aliphatic heterocycles. The number of carboxylic acid groups (broad SMARTS) is 1. The maximum Gasteiger partial charge on any atom is 0.228 e. The number of hydrogen-bond donors (Lipinski definition) is 1. The van der Waals surface area contributed by atoms with E-state index in [0.717, 1.165) is 5.56 Å². The Morgan fingerprint density at radius 3 is 2.52 bits per heavy atom. The second-order valence-corrected chi connectivity index (χ2v) is 6.15. The average Bonchev–Trinajstić information content (AvgIpc) is 3.03. The molecule has 21 heavy (non-hydrogen) atoms. The Morgan fingerprint density at radius 1 is 1.24 bits per heavy atom. The van der Waals surface area contributed by atoms with Gasteiger partial charge in [0, 0.05) is 11.9 Å². The lowest BCUT2D eigenvalue weighted by molar-refractivity contribution is -0.313. The zero-order chi connectivity index (χ0) is 15.1. The monoisotopic (exact) mass is 304 g/mol. The fourth-order valence-corrected chi connectivity index (χ4v) is 3.77. The molecular formula is C16H15ClNO3-. The third kappa shape index (κ3) is 2.33. The number of aryl methyl sites for hydroxylation is 1. The number of anilines is 1. The summed E-state index contributed by atoms with van der Waals surface area (Å²) >= 11 is 6.10. The number of para-hydroxylation sites is 1. The Kier molecular flexibility index (Phi) is 3.49. The molecule has 110 valence electrons. The number of halogens is 1. The Hall–Kier alpha value is -1.81. The summed E-state index contributed by atoms with van der Waals surface area (Å²) in [5.74, 6) is -2.90. The zero-order valence-corrected chi connectivity index (χ0v) is 12.3. The van der Waals surface area contributed by atoms with Crippen molar-refractivity contribution in [2.75, 3.05) is 5.32 Å². The topological polar surface area (TPSA) is 69.2 Å². The summed E-state index contributed by atoms with van der Waals surface area (Å²) in [7, 11) is 0. The number of nitrogens with one attached hydrogen (secondary N) is 1. The van der Waals surface area contributed by atoms with E-state index in [1.165, 1.54) is 0 Å². The first kappa shape index (κ1) is 14.1. The SMILES string of the molecule is Cc1cccc(Cl)c1NC(=O)[C@H]1[C@@H](C(=O)[O-])[C@H]2C=C[C@H]1C2. The van der Waals surface area contributed by atoms with E-state index in [9.17, 15) is 14.7 Å². The first-order chi connectivity index (χ1) is 9.99. The average molecular weight is 305 g/mol. The van der Waals surface area contributed by atoms with E-state index < -0.39 is 17.8 Å². The number of rotatable bonds is 3. The second-order valence-electron chi connectivity index (χ2n) is 5.74. The highest BCUT2D eigenvalue weighted by Gasteiger charge is 2.48. The lowest BCUT2D eigenvalue weighted by Gasteiger charge is -2.28. The normalized spacial score (nSPS) is 29.6. The first-order valence-electron chi connectivity index (χ1n) is 6.94. The quantitative estimate of drug-likeness (QED) is 0.865. The van der Waals surface area contributed by atoms with Gasteiger partial charge in [-0.1, -0.05) is 35.9 Å². The van der Waals surface area contributed by atoms with Crippen LogP contribution in [0.15, 0.2) is 30.4 Å². The number of carbonyl (C=O) groups excluding carboxylic acids is 2. The number of hydrogen-bond acceptors (Lipinski definition) is 3. The fraction of sp³-hybridized carbons (Fsp3) is 0.375. The fourth-order valence-electron chi connectivity index (χ4n) is 3.50. The van der Waals surface area contributed by atoms with Crippen LogP contribution >= 0.6 is 11.6 Å². The Labute approximate surface area is 127 Å². The van der Waals surface area contributed by atoms with Gasteiger partial charge in [0.05, 0.1) is 16.6 Å². The molecule has 0 spiro atoms.